The lowest BCUT2D eigenvalue weighted by molar-refractivity contribution is -0.121. The highest BCUT2D eigenvalue weighted by atomic mass is 32.2. The molecule has 1 saturated carbocycles. The van der Waals surface area contributed by atoms with Crippen LogP contribution in [0.3, 0.4) is 0 Å². The lowest BCUT2D eigenvalue weighted by Crippen LogP contribution is -2.46. The number of H-pyrrole nitrogens is 1. The first-order valence-corrected chi connectivity index (χ1v) is 10.2. The van der Waals surface area contributed by atoms with Crippen LogP contribution in [0.25, 0.3) is 16.8 Å². The van der Waals surface area contributed by atoms with Gasteiger partial charge in [-0.05, 0) is 37.3 Å². The molecule has 1 aliphatic rings. The minimum absolute atomic E-state index is 0.0847. The van der Waals surface area contributed by atoms with Gasteiger partial charge in [-0.3, -0.25) is 9.20 Å². The number of benzene rings is 1. The molecule has 4 rings (SSSR count). The molecule has 0 spiro atoms. The fourth-order valence-corrected chi connectivity index (χ4v) is 4.70. The van der Waals surface area contributed by atoms with Crippen LogP contribution in [0, 0.1) is 11.8 Å². The Hall–Kier alpha value is -2.02. The molecule has 1 amide bonds. The lowest BCUT2D eigenvalue weighted by atomic mass is 9.78. The number of imidazole rings is 1. The first-order valence-electron chi connectivity index (χ1n) is 9.33. The average molecular weight is 372 g/mol. The van der Waals surface area contributed by atoms with Gasteiger partial charge in [0.05, 0.1) is 16.3 Å². The van der Waals surface area contributed by atoms with Crippen molar-refractivity contribution in [1.82, 2.24) is 24.9 Å². The Morgan fingerprint density at radius 3 is 3.00 bits per heavy atom. The molecular formula is C19H25N5OS. The van der Waals surface area contributed by atoms with Gasteiger partial charge in [0, 0.05) is 6.04 Å². The fraction of sp³-hybridized carbons (Fsp3) is 0.526. The summed E-state index contributed by atoms with van der Waals surface area (Å²) in [4.78, 5) is 17.3. The van der Waals surface area contributed by atoms with E-state index in [2.05, 4.69) is 34.3 Å². The van der Waals surface area contributed by atoms with Gasteiger partial charge in [0.2, 0.25) is 11.7 Å². The zero-order valence-corrected chi connectivity index (χ0v) is 16.2. The van der Waals surface area contributed by atoms with Crippen LogP contribution in [0.15, 0.2) is 29.4 Å². The van der Waals surface area contributed by atoms with E-state index in [0.717, 1.165) is 22.6 Å². The molecule has 1 aliphatic carbocycles. The third kappa shape index (κ3) is 3.09. The number of hydrogen-bond acceptors (Lipinski definition) is 4. The molecule has 4 atom stereocenters. The summed E-state index contributed by atoms with van der Waals surface area (Å²) in [6.07, 6.45) is 3.53. The second kappa shape index (κ2) is 6.95. The van der Waals surface area contributed by atoms with E-state index in [9.17, 15) is 4.79 Å². The van der Waals surface area contributed by atoms with Gasteiger partial charge >= 0.3 is 0 Å². The maximum atomic E-state index is 12.7. The zero-order chi connectivity index (χ0) is 18.3. The van der Waals surface area contributed by atoms with E-state index in [1.165, 1.54) is 24.6 Å². The van der Waals surface area contributed by atoms with Gasteiger partial charge in [0.25, 0.3) is 0 Å². The predicted molar refractivity (Wildman–Crippen MR) is 104 cm³/mol. The third-order valence-corrected chi connectivity index (χ3v) is 6.74. The number of amides is 1. The van der Waals surface area contributed by atoms with Crippen LogP contribution in [0.5, 0.6) is 0 Å². The number of carbonyl (C=O) groups is 1. The Morgan fingerprint density at radius 1 is 1.35 bits per heavy atom. The molecule has 3 aromatic rings. The highest BCUT2D eigenvalue weighted by Gasteiger charge is 2.30. The molecule has 2 aromatic heterocycles. The Balaban J connectivity index is 1.50. The van der Waals surface area contributed by atoms with Gasteiger partial charge < -0.3 is 5.32 Å². The smallest absolute Gasteiger partial charge is 0.233 e. The van der Waals surface area contributed by atoms with Crippen molar-refractivity contribution in [3.05, 3.63) is 24.3 Å². The molecule has 0 saturated heterocycles. The molecule has 26 heavy (non-hydrogen) atoms. The van der Waals surface area contributed by atoms with Crippen molar-refractivity contribution in [3.8, 4) is 0 Å². The van der Waals surface area contributed by atoms with Gasteiger partial charge in [-0.15, -0.1) is 5.10 Å². The van der Waals surface area contributed by atoms with Crippen molar-refractivity contribution >= 4 is 34.5 Å². The number of aromatic nitrogens is 4. The summed E-state index contributed by atoms with van der Waals surface area (Å²) in [6, 6.07) is 8.23. The van der Waals surface area contributed by atoms with E-state index in [1.54, 1.807) is 0 Å². The van der Waals surface area contributed by atoms with Crippen molar-refractivity contribution < 1.29 is 4.79 Å². The summed E-state index contributed by atoms with van der Waals surface area (Å²) in [6.45, 7) is 6.48. The molecule has 2 N–H and O–H groups in total. The number of aromatic amines is 1. The van der Waals surface area contributed by atoms with E-state index in [4.69, 9.17) is 0 Å². The molecule has 7 heteroatoms. The normalized spacial score (nSPS) is 24.8. The Bertz CT molecular complexity index is 932. The topological polar surface area (TPSA) is 75.1 Å². The first-order chi connectivity index (χ1) is 12.5. The van der Waals surface area contributed by atoms with Gasteiger partial charge in [-0.2, -0.15) is 0 Å². The maximum Gasteiger partial charge on any atom is 0.233 e. The van der Waals surface area contributed by atoms with Crippen LogP contribution >= 0.6 is 11.8 Å². The minimum atomic E-state index is -0.216. The van der Waals surface area contributed by atoms with Crippen molar-refractivity contribution in [2.75, 3.05) is 0 Å². The van der Waals surface area contributed by atoms with E-state index < -0.39 is 0 Å². The van der Waals surface area contributed by atoms with Crippen LogP contribution in [0.2, 0.25) is 0 Å². The second-order valence-corrected chi connectivity index (χ2v) is 8.72. The van der Waals surface area contributed by atoms with Crippen LogP contribution in [-0.2, 0) is 4.79 Å². The average Bonchev–Trinajstić information content (AvgIpc) is 3.18. The standard InChI is InChI=1S/C19H25N5OS/c1-11-7-6-9-14(12(11)2)20-17(25)13(3)26-19-23-22-18-21-15-8-4-5-10-16(15)24(18)19/h4-5,8,10-14H,6-7,9H2,1-3H3,(H,20,25)(H,21,22)/t11-,12+,13-,14+/m0/s1. The number of rotatable bonds is 4. The molecule has 0 aliphatic heterocycles. The maximum absolute atomic E-state index is 12.7. The Labute approximate surface area is 157 Å². The van der Waals surface area contributed by atoms with Crippen LogP contribution in [0.4, 0.5) is 0 Å². The lowest BCUT2D eigenvalue weighted by Gasteiger charge is -2.35. The fourth-order valence-electron chi connectivity index (χ4n) is 3.82. The van der Waals surface area contributed by atoms with Crippen LogP contribution < -0.4 is 5.32 Å². The first kappa shape index (κ1) is 17.4. The summed E-state index contributed by atoms with van der Waals surface area (Å²) in [7, 11) is 0. The van der Waals surface area contributed by atoms with Crippen molar-refractivity contribution in [2.24, 2.45) is 11.8 Å². The van der Waals surface area contributed by atoms with Crippen LogP contribution in [0.1, 0.15) is 40.0 Å². The van der Waals surface area contributed by atoms with E-state index in [0.29, 0.717) is 17.6 Å². The zero-order valence-electron chi connectivity index (χ0n) is 15.4. The number of thioether (sulfide) groups is 1. The summed E-state index contributed by atoms with van der Waals surface area (Å²) in [5.74, 6) is 1.98. The summed E-state index contributed by atoms with van der Waals surface area (Å²) < 4.78 is 1.98. The van der Waals surface area contributed by atoms with Gasteiger partial charge in [0.15, 0.2) is 5.16 Å². The highest BCUT2D eigenvalue weighted by molar-refractivity contribution is 8.00. The molecule has 2 heterocycles. The molecule has 0 unspecified atom stereocenters. The summed E-state index contributed by atoms with van der Waals surface area (Å²) >= 11 is 1.47. The molecular weight excluding hydrogens is 346 g/mol. The number of hydrogen-bond donors (Lipinski definition) is 2. The second-order valence-electron chi connectivity index (χ2n) is 7.41. The SMILES string of the molecule is C[C@@H]1[C@@H](C)CCC[C@H]1NC(=O)[C@H](C)Sc1n[nH]c2nc3ccccc3n12. The quantitative estimate of drug-likeness (QED) is 0.687. The molecule has 6 nitrogen and oxygen atoms in total. The van der Waals surface area contributed by atoms with Gasteiger partial charge in [0.1, 0.15) is 0 Å². The van der Waals surface area contributed by atoms with Crippen LogP contribution in [-0.4, -0.2) is 36.8 Å². The Morgan fingerprint density at radius 2 is 2.15 bits per heavy atom. The van der Waals surface area contributed by atoms with E-state index in [-0.39, 0.29) is 17.2 Å². The van der Waals surface area contributed by atoms with Gasteiger partial charge in [-0.1, -0.05) is 50.6 Å². The number of fused-ring (bicyclic) bond motifs is 3. The summed E-state index contributed by atoms with van der Waals surface area (Å²) in [5, 5.41) is 11.1. The van der Waals surface area contributed by atoms with Gasteiger partial charge in [-0.25, -0.2) is 10.1 Å². The van der Waals surface area contributed by atoms with Crippen molar-refractivity contribution in [2.45, 2.75) is 56.5 Å². The molecule has 0 radical (unpaired) electrons. The predicted octanol–water partition coefficient (Wildman–Crippen LogP) is 3.63. The monoisotopic (exact) mass is 371 g/mol. The van der Waals surface area contributed by atoms with Crippen molar-refractivity contribution in [3.63, 3.8) is 0 Å². The molecule has 1 aromatic carbocycles. The molecule has 138 valence electrons. The summed E-state index contributed by atoms with van der Waals surface area (Å²) in [5.41, 5.74) is 1.92. The van der Waals surface area contributed by atoms with E-state index >= 15 is 0 Å². The number of para-hydroxylation sites is 2. The molecule has 1 fully saturated rings. The molecule has 0 bridgehead atoms. The number of carbonyl (C=O) groups excluding carboxylic acids is 1. The third-order valence-electron chi connectivity index (χ3n) is 5.69. The highest BCUT2D eigenvalue weighted by Crippen LogP contribution is 2.30. The van der Waals surface area contributed by atoms with Crippen molar-refractivity contribution in [1.29, 1.82) is 0 Å². The number of nitrogens with zero attached hydrogens (tertiary/aromatic N) is 3. The largest absolute Gasteiger partial charge is 0.352 e. The minimum Gasteiger partial charge on any atom is -0.352 e. The Kier molecular flexibility index (Phi) is 4.65. The number of nitrogens with one attached hydrogen (secondary N) is 2. The van der Waals surface area contributed by atoms with E-state index in [1.807, 2.05) is 35.6 Å².